The van der Waals surface area contributed by atoms with Gasteiger partial charge in [-0.3, -0.25) is 14.4 Å². The number of likely N-dealkylation sites (N-methyl/N-ethyl adjacent to an activating group) is 1. The van der Waals surface area contributed by atoms with E-state index in [9.17, 15) is 19.5 Å². The SMILES string of the molecule is CNC(C)C(=O)NCC(=O)N1Cc2cc(O)ccc2CC1C(=O)NC1CCCc2ccccc21. The van der Waals surface area contributed by atoms with Gasteiger partial charge in [-0.05, 0) is 67.6 Å². The molecule has 180 valence electrons. The van der Waals surface area contributed by atoms with Gasteiger partial charge < -0.3 is 26.0 Å². The molecule has 0 radical (unpaired) electrons. The molecule has 0 bridgehead atoms. The van der Waals surface area contributed by atoms with Crippen LogP contribution in [0.1, 0.15) is 48.1 Å². The average Bonchev–Trinajstić information content (AvgIpc) is 2.85. The monoisotopic (exact) mass is 464 g/mol. The number of carbonyl (C=O) groups excluding carboxylic acids is 3. The minimum Gasteiger partial charge on any atom is -0.508 e. The molecule has 4 rings (SSSR count). The summed E-state index contributed by atoms with van der Waals surface area (Å²) in [5.41, 5.74) is 4.11. The molecule has 2 aromatic carbocycles. The quantitative estimate of drug-likeness (QED) is 0.519. The van der Waals surface area contributed by atoms with E-state index in [-0.39, 0.29) is 42.6 Å². The summed E-state index contributed by atoms with van der Waals surface area (Å²) in [6, 6.07) is 12.0. The van der Waals surface area contributed by atoms with Gasteiger partial charge >= 0.3 is 0 Å². The molecule has 0 spiro atoms. The maximum absolute atomic E-state index is 13.5. The fourth-order valence-corrected chi connectivity index (χ4v) is 4.79. The highest BCUT2D eigenvalue weighted by atomic mass is 16.3. The van der Waals surface area contributed by atoms with Crippen molar-refractivity contribution in [3.8, 4) is 5.75 Å². The van der Waals surface area contributed by atoms with Gasteiger partial charge in [-0.1, -0.05) is 30.3 Å². The second kappa shape index (κ2) is 10.3. The Hall–Kier alpha value is -3.39. The summed E-state index contributed by atoms with van der Waals surface area (Å²) in [7, 11) is 1.67. The van der Waals surface area contributed by atoms with Crippen LogP contribution in [0.4, 0.5) is 0 Å². The van der Waals surface area contributed by atoms with Gasteiger partial charge in [-0.25, -0.2) is 0 Å². The molecule has 0 fully saturated rings. The molecule has 2 aliphatic rings. The standard InChI is InChI=1S/C26H32N4O4/c1-16(27-2)25(33)28-14-24(32)30-15-19-12-20(31)11-10-18(19)13-23(30)26(34)29-22-9-5-7-17-6-3-4-8-21(17)22/h3-4,6,8,10-12,16,22-23,27,31H,5,7,9,13-15H2,1-2H3,(H,28,33)(H,29,34). The molecule has 3 unspecified atom stereocenters. The number of aryl methyl sites for hydroxylation is 1. The first kappa shape index (κ1) is 23.8. The van der Waals surface area contributed by atoms with E-state index in [0.29, 0.717) is 6.42 Å². The van der Waals surface area contributed by atoms with Gasteiger partial charge in [0.05, 0.1) is 18.6 Å². The molecule has 0 saturated heterocycles. The first-order chi connectivity index (χ1) is 16.4. The van der Waals surface area contributed by atoms with Gasteiger partial charge in [0.1, 0.15) is 11.8 Å². The van der Waals surface area contributed by atoms with Gasteiger partial charge in [0.2, 0.25) is 17.7 Å². The Morgan fingerprint density at radius 3 is 2.71 bits per heavy atom. The Labute approximate surface area is 199 Å². The molecule has 3 amide bonds. The van der Waals surface area contributed by atoms with E-state index in [1.165, 1.54) is 10.5 Å². The number of hydrogen-bond donors (Lipinski definition) is 4. The second-order valence-electron chi connectivity index (χ2n) is 9.07. The van der Waals surface area contributed by atoms with Gasteiger partial charge in [0.15, 0.2) is 0 Å². The fraction of sp³-hybridized carbons (Fsp3) is 0.423. The Morgan fingerprint density at radius 1 is 1.12 bits per heavy atom. The molecule has 4 N–H and O–H groups in total. The highest BCUT2D eigenvalue weighted by molar-refractivity contribution is 5.91. The first-order valence-electron chi connectivity index (χ1n) is 11.8. The van der Waals surface area contributed by atoms with Crippen molar-refractivity contribution in [2.24, 2.45) is 0 Å². The Morgan fingerprint density at radius 2 is 1.91 bits per heavy atom. The minimum absolute atomic E-state index is 0.0909. The van der Waals surface area contributed by atoms with Crippen LogP contribution in [0.3, 0.4) is 0 Å². The van der Waals surface area contributed by atoms with Crippen molar-refractivity contribution < 1.29 is 19.5 Å². The molecular weight excluding hydrogens is 432 g/mol. The van der Waals surface area contributed by atoms with Gasteiger partial charge in [0, 0.05) is 13.0 Å². The van der Waals surface area contributed by atoms with Crippen molar-refractivity contribution in [3.05, 3.63) is 64.7 Å². The van der Waals surface area contributed by atoms with Crippen molar-refractivity contribution in [2.45, 2.75) is 57.3 Å². The lowest BCUT2D eigenvalue weighted by Gasteiger charge is -2.37. The highest BCUT2D eigenvalue weighted by Crippen LogP contribution is 2.31. The number of nitrogens with one attached hydrogen (secondary N) is 3. The zero-order valence-corrected chi connectivity index (χ0v) is 19.6. The minimum atomic E-state index is -0.697. The number of fused-ring (bicyclic) bond motifs is 2. The van der Waals surface area contributed by atoms with Crippen LogP contribution in [0, 0.1) is 0 Å². The third-order valence-electron chi connectivity index (χ3n) is 6.87. The van der Waals surface area contributed by atoms with Crippen molar-refractivity contribution >= 4 is 17.7 Å². The van der Waals surface area contributed by atoms with Gasteiger partial charge in [0.25, 0.3) is 0 Å². The summed E-state index contributed by atoms with van der Waals surface area (Å²) in [5, 5.41) is 18.6. The lowest BCUT2D eigenvalue weighted by molar-refractivity contribution is -0.142. The maximum Gasteiger partial charge on any atom is 0.243 e. The Bertz CT molecular complexity index is 1090. The van der Waals surface area contributed by atoms with E-state index in [1.807, 2.05) is 12.1 Å². The van der Waals surface area contributed by atoms with E-state index in [1.54, 1.807) is 32.2 Å². The number of hydrogen-bond acceptors (Lipinski definition) is 5. The summed E-state index contributed by atoms with van der Waals surface area (Å²) in [5.74, 6) is -0.715. The number of phenols is 1. The van der Waals surface area contributed by atoms with Crippen LogP contribution in [0.5, 0.6) is 5.75 Å². The zero-order chi connectivity index (χ0) is 24.2. The predicted molar refractivity (Wildman–Crippen MR) is 128 cm³/mol. The molecule has 0 aromatic heterocycles. The van der Waals surface area contributed by atoms with Crippen molar-refractivity contribution in [2.75, 3.05) is 13.6 Å². The van der Waals surface area contributed by atoms with Gasteiger partial charge in [-0.15, -0.1) is 0 Å². The second-order valence-corrected chi connectivity index (χ2v) is 9.07. The van der Waals surface area contributed by atoms with Crippen LogP contribution in [-0.2, 0) is 33.8 Å². The van der Waals surface area contributed by atoms with Crippen molar-refractivity contribution in [1.29, 1.82) is 0 Å². The number of phenolic OH excluding ortho intramolecular Hbond substituents is 1. The highest BCUT2D eigenvalue weighted by Gasteiger charge is 2.36. The van der Waals surface area contributed by atoms with E-state index < -0.39 is 12.1 Å². The molecule has 2 aromatic rings. The van der Waals surface area contributed by atoms with Gasteiger partial charge in [-0.2, -0.15) is 0 Å². The van der Waals surface area contributed by atoms with Crippen LogP contribution >= 0.6 is 0 Å². The third kappa shape index (κ3) is 5.07. The van der Waals surface area contributed by atoms with Crippen molar-refractivity contribution in [3.63, 3.8) is 0 Å². The van der Waals surface area contributed by atoms with Crippen LogP contribution in [0.2, 0.25) is 0 Å². The van der Waals surface area contributed by atoms with E-state index in [2.05, 4.69) is 28.1 Å². The predicted octanol–water partition coefficient (Wildman–Crippen LogP) is 1.56. The van der Waals surface area contributed by atoms with Crippen LogP contribution in [-0.4, -0.2) is 53.4 Å². The lowest BCUT2D eigenvalue weighted by atomic mass is 9.87. The molecule has 1 heterocycles. The zero-order valence-electron chi connectivity index (χ0n) is 19.6. The molecule has 1 aliphatic heterocycles. The molecule has 8 heteroatoms. The Kier molecular flexibility index (Phi) is 7.17. The van der Waals surface area contributed by atoms with Crippen LogP contribution < -0.4 is 16.0 Å². The summed E-state index contributed by atoms with van der Waals surface area (Å²) < 4.78 is 0. The summed E-state index contributed by atoms with van der Waals surface area (Å²) in [6.07, 6.45) is 3.19. The Balaban J connectivity index is 1.54. The van der Waals surface area contributed by atoms with Crippen molar-refractivity contribution in [1.82, 2.24) is 20.9 Å². The number of aromatic hydroxyl groups is 1. The molecular formula is C26H32N4O4. The molecule has 0 saturated carbocycles. The average molecular weight is 465 g/mol. The number of amides is 3. The van der Waals surface area contributed by atoms with E-state index >= 15 is 0 Å². The molecule has 1 aliphatic carbocycles. The van der Waals surface area contributed by atoms with Crippen LogP contribution in [0.15, 0.2) is 42.5 Å². The first-order valence-corrected chi connectivity index (χ1v) is 11.8. The topological polar surface area (TPSA) is 111 Å². The number of nitrogens with zero attached hydrogens (tertiary/aromatic N) is 1. The smallest absolute Gasteiger partial charge is 0.243 e. The lowest BCUT2D eigenvalue weighted by Crippen LogP contribution is -2.55. The molecule has 3 atom stereocenters. The molecule has 8 nitrogen and oxygen atoms in total. The summed E-state index contributed by atoms with van der Waals surface area (Å²) in [4.78, 5) is 40.3. The third-order valence-corrected chi connectivity index (χ3v) is 6.87. The number of carbonyl (C=O) groups is 3. The summed E-state index contributed by atoms with van der Waals surface area (Å²) >= 11 is 0. The van der Waals surface area contributed by atoms with E-state index in [4.69, 9.17) is 0 Å². The maximum atomic E-state index is 13.5. The van der Waals surface area contributed by atoms with E-state index in [0.717, 1.165) is 36.0 Å². The summed E-state index contributed by atoms with van der Waals surface area (Å²) in [6.45, 7) is 1.70. The number of benzene rings is 2. The normalized spacial score (nSPS) is 20.0. The molecule has 34 heavy (non-hydrogen) atoms. The number of rotatable bonds is 6. The largest absolute Gasteiger partial charge is 0.508 e. The fourth-order valence-electron chi connectivity index (χ4n) is 4.79. The van der Waals surface area contributed by atoms with Crippen LogP contribution in [0.25, 0.3) is 0 Å².